The van der Waals surface area contributed by atoms with Gasteiger partial charge in [0.05, 0.1) is 5.69 Å². The summed E-state index contributed by atoms with van der Waals surface area (Å²) < 4.78 is 13.9. The van der Waals surface area contributed by atoms with E-state index < -0.39 is 6.04 Å². The van der Waals surface area contributed by atoms with Gasteiger partial charge >= 0.3 is 0 Å². The van der Waals surface area contributed by atoms with Gasteiger partial charge in [-0.25, -0.2) is 14.4 Å². The molecule has 1 amide bonds. The van der Waals surface area contributed by atoms with E-state index in [1.165, 1.54) is 11.0 Å². The van der Waals surface area contributed by atoms with Gasteiger partial charge in [-0.1, -0.05) is 19.1 Å². The summed E-state index contributed by atoms with van der Waals surface area (Å²) in [6, 6.07) is 7.79. The van der Waals surface area contributed by atoms with Crippen molar-refractivity contribution in [3.05, 3.63) is 47.7 Å². The largest absolute Gasteiger partial charge is 0.358 e. The van der Waals surface area contributed by atoms with Crippen molar-refractivity contribution in [3.63, 3.8) is 0 Å². The highest BCUT2D eigenvalue weighted by Crippen LogP contribution is 2.25. The predicted molar refractivity (Wildman–Crippen MR) is 86.9 cm³/mol. The molecule has 2 aromatic rings. The molecule has 0 saturated carbocycles. The molecule has 1 aromatic heterocycles. The number of nitrogens with zero attached hydrogens (tertiary/aromatic N) is 3. The average Bonchev–Trinajstić information content (AvgIpc) is 2.88. The van der Waals surface area contributed by atoms with Crippen molar-refractivity contribution in [1.82, 2.24) is 9.97 Å². The number of carbonyl (C=O) groups is 1. The molecular formula is C17H19FN4O. The smallest absolute Gasteiger partial charge is 0.249 e. The number of carbonyl (C=O) groups excluding carboxylic acids is 1. The van der Waals surface area contributed by atoms with Crippen LogP contribution in [-0.4, -0.2) is 28.5 Å². The van der Waals surface area contributed by atoms with Crippen LogP contribution in [-0.2, 0) is 11.2 Å². The van der Waals surface area contributed by atoms with Crippen molar-refractivity contribution < 1.29 is 9.18 Å². The third-order valence-corrected chi connectivity index (χ3v) is 3.92. The van der Waals surface area contributed by atoms with Gasteiger partial charge in [0.25, 0.3) is 0 Å². The van der Waals surface area contributed by atoms with Gasteiger partial charge in [-0.05, 0) is 31.9 Å². The Morgan fingerprint density at radius 1 is 1.35 bits per heavy atom. The summed E-state index contributed by atoms with van der Waals surface area (Å²) in [5, 5.41) is 3.16. The van der Waals surface area contributed by atoms with Gasteiger partial charge in [-0.15, -0.1) is 0 Å². The molecular weight excluding hydrogens is 295 g/mol. The van der Waals surface area contributed by atoms with Crippen LogP contribution in [0.2, 0.25) is 0 Å². The molecule has 1 atom stereocenters. The molecule has 120 valence electrons. The summed E-state index contributed by atoms with van der Waals surface area (Å²) in [6.07, 6.45) is 1.41. The van der Waals surface area contributed by atoms with E-state index in [9.17, 15) is 9.18 Å². The summed E-state index contributed by atoms with van der Waals surface area (Å²) in [7, 11) is 0. The van der Waals surface area contributed by atoms with E-state index in [2.05, 4.69) is 15.3 Å². The van der Waals surface area contributed by atoms with Crippen LogP contribution in [0.25, 0.3) is 0 Å². The Kier molecular flexibility index (Phi) is 4.23. The monoisotopic (exact) mass is 314 g/mol. The van der Waals surface area contributed by atoms with Gasteiger partial charge in [0, 0.05) is 18.3 Å². The standard InChI is InChI=1S/C17H19FN4O/c1-3-12-10-16(20-11(2)19-12)21-14-8-9-22(17(14)23)15-7-5-4-6-13(15)18/h4-7,10,14H,3,8-9H2,1-2H3,(H,19,20,21). The van der Waals surface area contributed by atoms with Crippen LogP contribution in [0.5, 0.6) is 0 Å². The molecule has 0 aliphatic carbocycles. The second kappa shape index (κ2) is 6.32. The lowest BCUT2D eigenvalue weighted by molar-refractivity contribution is -0.117. The van der Waals surface area contributed by atoms with E-state index in [0.29, 0.717) is 30.3 Å². The molecule has 1 unspecified atom stereocenters. The molecule has 23 heavy (non-hydrogen) atoms. The molecule has 1 aliphatic heterocycles. The Morgan fingerprint density at radius 3 is 2.87 bits per heavy atom. The predicted octanol–water partition coefficient (Wildman–Crippen LogP) is 2.70. The average molecular weight is 314 g/mol. The van der Waals surface area contributed by atoms with Crippen LogP contribution in [0.3, 0.4) is 0 Å². The normalized spacial score (nSPS) is 17.6. The maximum absolute atomic E-state index is 13.9. The first kappa shape index (κ1) is 15.4. The number of nitrogens with one attached hydrogen (secondary N) is 1. The van der Waals surface area contributed by atoms with Crippen LogP contribution < -0.4 is 10.2 Å². The molecule has 0 spiro atoms. The molecule has 1 aliphatic rings. The molecule has 5 nitrogen and oxygen atoms in total. The number of benzene rings is 1. The van der Waals surface area contributed by atoms with E-state index in [0.717, 1.165) is 12.1 Å². The molecule has 1 aromatic carbocycles. The van der Waals surface area contributed by atoms with Crippen LogP contribution >= 0.6 is 0 Å². The van der Waals surface area contributed by atoms with Gasteiger partial charge in [-0.3, -0.25) is 4.79 Å². The Labute approximate surface area is 134 Å². The number of rotatable bonds is 4. The first-order valence-electron chi connectivity index (χ1n) is 7.75. The number of aryl methyl sites for hydroxylation is 2. The number of hydrogen-bond donors (Lipinski definition) is 1. The maximum atomic E-state index is 13.9. The highest BCUT2D eigenvalue weighted by Gasteiger charge is 2.33. The molecule has 0 radical (unpaired) electrons. The summed E-state index contributed by atoms with van der Waals surface area (Å²) in [5.41, 5.74) is 1.26. The van der Waals surface area contributed by atoms with E-state index >= 15 is 0 Å². The fourth-order valence-electron chi connectivity index (χ4n) is 2.79. The minimum Gasteiger partial charge on any atom is -0.358 e. The van der Waals surface area contributed by atoms with Gasteiger partial charge in [0.15, 0.2) is 0 Å². The highest BCUT2D eigenvalue weighted by atomic mass is 19.1. The third-order valence-electron chi connectivity index (χ3n) is 3.92. The zero-order valence-electron chi connectivity index (χ0n) is 13.2. The minimum atomic E-state index is -0.395. The number of aromatic nitrogens is 2. The quantitative estimate of drug-likeness (QED) is 0.942. The molecule has 6 heteroatoms. The number of anilines is 2. The summed E-state index contributed by atoms with van der Waals surface area (Å²) >= 11 is 0. The SMILES string of the molecule is CCc1cc(NC2CCN(c3ccccc3F)C2=O)nc(C)n1. The zero-order chi connectivity index (χ0) is 16.4. The second-order valence-corrected chi connectivity index (χ2v) is 5.57. The fourth-order valence-corrected chi connectivity index (χ4v) is 2.79. The van der Waals surface area contributed by atoms with E-state index in [1.54, 1.807) is 18.2 Å². The zero-order valence-corrected chi connectivity index (χ0v) is 13.2. The Bertz CT molecular complexity index is 734. The lowest BCUT2D eigenvalue weighted by atomic mass is 10.2. The van der Waals surface area contributed by atoms with Crippen LogP contribution in [0.4, 0.5) is 15.9 Å². The molecule has 1 saturated heterocycles. The Hall–Kier alpha value is -2.50. The van der Waals surface area contributed by atoms with Crippen molar-refractivity contribution in [3.8, 4) is 0 Å². The van der Waals surface area contributed by atoms with Gasteiger partial charge in [-0.2, -0.15) is 0 Å². The molecule has 1 N–H and O–H groups in total. The number of halogens is 1. The fraction of sp³-hybridized carbons (Fsp3) is 0.353. The number of amides is 1. The topological polar surface area (TPSA) is 58.1 Å². The highest BCUT2D eigenvalue weighted by molar-refractivity contribution is 6.01. The van der Waals surface area contributed by atoms with E-state index in [-0.39, 0.29) is 11.7 Å². The lowest BCUT2D eigenvalue weighted by Gasteiger charge is -2.18. The molecule has 3 rings (SSSR count). The van der Waals surface area contributed by atoms with Gasteiger partial charge < -0.3 is 10.2 Å². The van der Waals surface area contributed by atoms with Crippen molar-refractivity contribution in [2.45, 2.75) is 32.7 Å². The van der Waals surface area contributed by atoms with E-state index in [4.69, 9.17) is 0 Å². The molecule has 1 fully saturated rings. The lowest BCUT2D eigenvalue weighted by Crippen LogP contribution is -2.34. The van der Waals surface area contributed by atoms with Crippen molar-refractivity contribution >= 4 is 17.4 Å². The summed E-state index contributed by atoms with van der Waals surface area (Å²) in [4.78, 5) is 22.7. The first-order chi connectivity index (χ1) is 11.1. The van der Waals surface area contributed by atoms with Crippen molar-refractivity contribution in [2.75, 3.05) is 16.8 Å². The van der Waals surface area contributed by atoms with Crippen molar-refractivity contribution in [2.24, 2.45) is 0 Å². The Balaban J connectivity index is 1.77. The molecule has 0 bridgehead atoms. The first-order valence-corrected chi connectivity index (χ1v) is 7.75. The summed E-state index contributed by atoms with van der Waals surface area (Å²) in [5.74, 6) is 0.795. The summed E-state index contributed by atoms with van der Waals surface area (Å²) in [6.45, 7) is 4.33. The van der Waals surface area contributed by atoms with Gasteiger partial charge in [0.2, 0.25) is 5.91 Å². The number of hydrogen-bond acceptors (Lipinski definition) is 4. The Morgan fingerprint density at radius 2 is 2.13 bits per heavy atom. The minimum absolute atomic E-state index is 0.135. The van der Waals surface area contributed by atoms with Gasteiger partial charge in [0.1, 0.15) is 23.5 Å². The van der Waals surface area contributed by atoms with Crippen LogP contribution in [0.1, 0.15) is 24.9 Å². The molecule has 2 heterocycles. The third kappa shape index (κ3) is 3.16. The van der Waals surface area contributed by atoms with Crippen LogP contribution in [0, 0.1) is 12.7 Å². The van der Waals surface area contributed by atoms with Crippen LogP contribution in [0.15, 0.2) is 30.3 Å². The van der Waals surface area contributed by atoms with Crippen molar-refractivity contribution in [1.29, 1.82) is 0 Å². The second-order valence-electron chi connectivity index (χ2n) is 5.57. The maximum Gasteiger partial charge on any atom is 0.249 e. The van der Waals surface area contributed by atoms with E-state index in [1.807, 2.05) is 19.9 Å². The number of para-hydroxylation sites is 1.